The second-order valence-corrected chi connectivity index (χ2v) is 4.02. The highest BCUT2D eigenvalue weighted by Gasteiger charge is 2.29. The molecule has 0 heterocycles. The monoisotopic (exact) mass is 196 g/mol. The van der Waals surface area contributed by atoms with Gasteiger partial charge < -0.3 is 4.74 Å². The lowest BCUT2D eigenvalue weighted by Crippen LogP contribution is -2.15. The number of methoxy groups -OCH3 is 1. The number of hydrogen-bond donors (Lipinski definition) is 0. The van der Waals surface area contributed by atoms with Gasteiger partial charge in [-0.05, 0) is 32.6 Å². The summed E-state index contributed by atoms with van der Waals surface area (Å²) in [5.41, 5.74) is 2.76. The van der Waals surface area contributed by atoms with E-state index in [9.17, 15) is 4.79 Å². The quantitative estimate of drug-likeness (QED) is 0.510. The van der Waals surface area contributed by atoms with Crippen molar-refractivity contribution in [2.75, 3.05) is 7.11 Å². The van der Waals surface area contributed by atoms with Crippen LogP contribution in [0.1, 0.15) is 46.0 Å². The van der Waals surface area contributed by atoms with Gasteiger partial charge in [0.2, 0.25) is 0 Å². The average molecular weight is 196 g/mol. The molecule has 0 amide bonds. The van der Waals surface area contributed by atoms with E-state index < -0.39 is 0 Å². The van der Waals surface area contributed by atoms with Crippen LogP contribution in [0, 0.1) is 5.92 Å². The highest BCUT2D eigenvalue weighted by Crippen LogP contribution is 2.35. The van der Waals surface area contributed by atoms with Crippen LogP contribution in [0.3, 0.4) is 0 Å². The molecule has 1 aliphatic carbocycles. The molecule has 0 fully saturated rings. The Morgan fingerprint density at radius 3 is 2.86 bits per heavy atom. The summed E-state index contributed by atoms with van der Waals surface area (Å²) in [6.07, 6.45) is 5.46. The lowest BCUT2D eigenvalue weighted by atomic mass is 9.96. The van der Waals surface area contributed by atoms with E-state index in [-0.39, 0.29) is 11.9 Å². The zero-order valence-corrected chi connectivity index (χ0v) is 9.43. The van der Waals surface area contributed by atoms with Gasteiger partial charge in [0.25, 0.3) is 0 Å². The first-order chi connectivity index (χ1) is 6.70. The first-order valence-corrected chi connectivity index (χ1v) is 5.47. The standard InChI is InChI=1S/C12H20O2/c1-4-5-6-10-9(2)7-8-11(10)12(13)14-3/h11H,4-8H2,1-3H3. The number of esters is 1. The average Bonchev–Trinajstić information content (AvgIpc) is 2.56. The fraction of sp³-hybridized carbons (Fsp3) is 0.750. The second-order valence-electron chi connectivity index (χ2n) is 4.02. The van der Waals surface area contributed by atoms with Crippen LogP contribution in [0.25, 0.3) is 0 Å². The van der Waals surface area contributed by atoms with Gasteiger partial charge in [0.05, 0.1) is 13.0 Å². The summed E-state index contributed by atoms with van der Waals surface area (Å²) in [5, 5.41) is 0. The maximum Gasteiger partial charge on any atom is 0.312 e. The third-order valence-electron chi connectivity index (χ3n) is 3.06. The third-order valence-corrected chi connectivity index (χ3v) is 3.06. The van der Waals surface area contributed by atoms with Crippen LogP contribution in [-0.2, 0) is 9.53 Å². The molecule has 1 rings (SSSR count). The van der Waals surface area contributed by atoms with Gasteiger partial charge in [0.1, 0.15) is 0 Å². The summed E-state index contributed by atoms with van der Waals surface area (Å²) in [5.74, 6) is 0.0134. The van der Waals surface area contributed by atoms with Crippen molar-refractivity contribution in [3.63, 3.8) is 0 Å². The van der Waals surface area contributed by atoms with Crippen molar-refractivity contribution < 1.29 is 9.53 Å². The first-order valence-electron chi connectivity index (χ1n) is 5.47. The number of carbonyl (C=O) groups is 1. The predicted molar refractivity (Wildman–Crippen MR) is 57.0 cm³/mol. The smallest absolute Gasteiger partial charge is 0.312 e. The Labute approximate surface area is 86.3 Å². The Morgan fingerprint density at radius 1 is 1.57 bits per heavy atom. The van der Waals surface area contributed by atoms with Crippen LogP contribution in [0.2, 0.25) is 0 Å². The SMILES string of the molecule is CCCCC1=C(C)CCC1C(=O)OC. The molecule has 0 aromatic rings. The number of hydrogen-bond acceptors (Lipinski definition) is 2. The van der Waals surface area contributed by atoms with E-state index >= 15 is 0 Å². The fourth-order valence-corrected chi connectivity index (χ4v) is 2.15. The molecule has 0 aromatic carbocycles. The summed E-state index contributed by atoms with van der Waals surface area (Å²) in [6.45, 7) is 4.33. The Balaban J connectivity index is 2.65. The van der Waals surface area contributed by atoms with Crippen LogP contribution in [0.4, 0.5) is 0 Å². The lowest BCUT2D eigenvalue weighted by Gasteiger charge is -2.12. The molecule has 0 N–H and O–H groups in total. The van der Waals surface area contributed by atoms with Crippen molar-refractivity contribution in [3.8, 4) is 0 Å². The zero-order chi connectivity index (χ0) is 10.6. The van der Waals surface area contributed by atoms with Crippen molar-refractivity contribution in [3.05, 3.63) is 11.1 Å². The van der Waals surface area contributed by atoms with E-state index in [0.717, 1.165) is 19.3 Å². The van der Waals surface area contributed by atoms with Crippen molar-refractivity contribution in [2.24, 2.45) is 5.92 Å². The van der Waals surface area contributed by atoms with E-state index in [1.165, 1.54) is 31.1 Å². The van der Waals surface area contributed by atoms with Crippen LogP contribution < -0.4 is 0 Å². The number of rotatable bonds is 4. The molecule has 0 saturated carbocycles. The van der Waals surface area contributed by atoms with E-state index in [0.29, 0.717) is 0 Å². The van der Waals surface area contributed by atoms with Crippen molar-refractivity contribution in [1.29, 1.82) is 0 Å². The fourth-order valence-electron chi connectivity index (χ4n) is 2.15. The minimum absolute atomic E-state index is 0.0482. The predicted octanol–water partition coefficient (Wildman–Crippen LogP) is 3.08. The van der Waals surface area contributed by atoms with Gasteiger partial charge in [0, 0.05) is 0 Å². The van der Waals surface area contributed by atoms with Crippen LogP contribution in [0.15, 0.2) is 11.1 Å². The summed E-state index contributed by atoms with van der Waals surface area (Å²) >= 11 is 0. The molecule has 14 heavy (non-hydrogen) atoms. The second kappa shape index (κ2) is 5.18. The number of unbranched alkanes of at least 4 members (excludes halogenated alkanes) is 1. The van der Waals surface area contributed by atoms with Gasteiger partial charge >= 0.3 is 5.97 Å². The molecular weight excluding hydrogens is 176 g/mol. The van der Waals surface area contributed by atoms with Gasteiger partial charge in [-0.2, -0.15) is 0 Å². The van der Waals surface area contributed by atoms with Crippen LogP contribution in [0.5, 0.6) is 0 Å². The Kier molecular flexibility index (Phi) is 4.18. The molecule has 0 radical (unpaired) electrons. The molecule has 1 unspecified atom stereocenters. The minimum atomic E-state index is -0.0482. The van der Waals surface area contributed by atoms with E-state index in [2.05, 4.69) is 13.8 Å². The Bertz CT molecular complexity index is 241. The maximum absolute atomic E-state index is 11.5. The first kappa shape index (κ1) is 11.3. The summed E-state index contributed by atoms with van der Waals surface area (Å²) in [6, 6.07) is 0. The molecule has 1 atom stereocenters. The van der Waals surface area contributed by atoms with Gasteiger partial charge in [-0.15, -0.1) is 0 Å². The summed E-state index contributed by atoms with van der Waals surface area (Å²) < 4.78 is 4.82. The van der Waals surface area contributed by atoms with Gasteiger partial charge in [-0.25, -0.2) is 0 Å². The Hall–Kier alpha value is -0.790. The third kappa shape index (κ3) is 2.37. The molecule has 0 aromatic heterocycles. The largest absolute Gasteiger partial charge is 0.469 e. The van der Waals surface area contributed by atoms with E-state index in [1.807, 2.05) is 0 Å². The summed E-state index contributed by atoms with van der Waals surface area (Å²) in [4.78, 5) is 11.5. The maximum atomic E-state index is 11.5. The topological polar surface area (TPSA) is 26.3 Å². The molecule has 0 aliphatic heterocycles. The van der Waals surface area contributed by atoms with E-state index in [4.69, 9.17) is 4.74 Å². The number of carbonyl (C=O) groups excluding carboxylic acids is 1. The van der Waals surface area contributed by atoms with Gasteiger partial charge in [0.15, 0.2) is 0 Å². The molecule has 0 spiro atoms. The van der Waals surface area contributed by atoms with Crippen molar-refractivity contribution >= 4 is 5.97 Å². The molecule has 2 nitrogen and oxygen atoms in total. The molecule has 2 heteroatoms. The minimum Gasteiger partial charge on any atom is -0.469 e. The zero-order valence-electron chi connectivity index (χ0n) is 9.43. The number of ether oxygens (including phenoxy) is 1. The molecular formula is C12H20O2. The normalized spacial score (nSPS) is 21.5. The van der Waals surface area contributed by atoms with Crippen LogP contribution in [-0.4, -0.2) is 13.1 Å². The van der Waals surface area contributed by atoms with Crippen molar-refractivity contribution in [2.45, 2.75) is 46.0 Å². The molecule has 80 valence electrons. The van der Waals surface area contributed by atoms with Gasteiger partial charge in [-0.1, -0.05) is 24.5 Å². The highest BCUT2D eigenvalue weighted by atomic mass is 16.5. The highest BCUT2D eigenvalue weighted by molar-refractivity contribution is 5.76. The number of allylic oxidation sites excluding steroid dienone is 1. The molecule has 1 aliphatic rings. The Morgan fingerprint density at radius 2 is 2.29 bits per heavy atom. The lowest BCUT2D eigenvalue weighted by molar-refractivity contribution is -0.144. The van der Waals surface area contributed by atoms with E-state index in [1.54, 1.807) is 0 Å². The molecule has 0 bridgehead atoms. The summed E-state index contributed by atoms with van der Waals surface area (Å²) in [7, 11) is 1.48. The van der Waals surface area contributed by atoms with Crippen molar-refractivity contribution in [1.82, 2.24) is 0 Å². The molecule has 0 saturated heterocycles. The van der Waals surface area contributed by atoms with Gasteiger partial charge in [-0.3, -0.25) is 4.79 Å². The van der Waals surface area contributed by atoms with Crippen LogP contribution >= 0.6 is 0 Å².